The number of hydroxylamine groups is 1. The van der Waals surface area contributed by atoms with Gasteiger partial charge in [-0.2, -0.15) is 0 Å². The van der Waals surface area contributed by atoms with Crippen LogP contribution in [0.4, 0.5) is 0 Å². The van der Waals surface area contributed by atoms with Crippen molar-refractivity contribution in [1.82, 2.24) is 5.48 Å². The van der Waals surface area contributed by atoms with Gasteiger partial charge in [-0.25, -0.2) is 5.48 Å². The van der Waals surface area contributed by atoms with Crippen LogP contribution in [0.25, 0.3) is 0 Å². The molecule has 0 saturated carbocycles. The minimum absolute atomic E-state index is 0.471. The molecule has 0 aliphatic rings. The van der Waals surface area contributed by atoms with E-state index in [0.29, 0.717) is 25.0 Å². The second-order valence-corrected chi connectivity index (χ2v) is 4.45. The monoisotopic (exact) mass is 237 g/mol. The van der Waals surface area contributed by atoms with Crippen LogP contribution in [0, 0.1) is 5.92 Å². The molecule has 3 nitrogen and oxygen atoms in total. The zero-order chi connectivity index (χ0) is 12.5. The third-order valence-corrected chi connectivity index (χ3v) is 2.83. The van der Waals surface area contributed by atoms with Crippen molar-refractivity contribution in [3.63, 3.8) is 0 Å². The van der Waals surface area contributed by atoms with E-state index in [1.807, 2.05) is 6.07 Å². The van der Waals surface area contributed by atoms with Gasteiger partial charge in [0.25, 0.3) is 0 Å². The number of ether oxygens (including phenoxy) is 1. The maximum atomic E-state index is 5.30. The Balaban J connectivity index is 2.40. The minimum atomic E-state index is 0.471. The van der Waals surface area contributed by atoms with E-state index in [0.717, 1.165) is 6.54 Å². The molecule has 1 rings (SSSR count). The first-order chi connectivity index (χ1) is 8.25. The summed E-state index contributed by atoms with van der Waals surface area (Å²) in [5.74, 6) is 1.05. The molecule has 0 aromatic heterocycles. The average molecular weight is 237 g/mol. The van der Waals surface area contributed by atoms with E-state index in [9.17, 15) is 0 Å². The Morgan fingerprint density at radius 3 is 2.41 bits per heavy atom. The zero-order valence-electron chi connectivity index (χ0n) is 11.0. The average Bonchev–Trinajstić information content (AvgIpc) is 2.34. The van der Waals surface area contributed by atoms with Gasteiger partial charge >= 0.3 is 0 Å². The summed E-state index contributed by atoms with van der Waals surface area (Å²) in [6, 6.07) is 10.5. The Kier molecular flexibility index (Phi) is 6.86. The fourth-order valence-corrected chi connectivity index (χ4v) is 1.78. The van der Waals surface area contributed by atoms with E-state index in [-0.39, 0.29) is 0 Å². The zero-order valence-corrected chi connectivity index (χ0v) is 11.0. The molecule has 0 fully saturated rings. The van der Waals surface area contributed by atoms with E-state index in [2.05, 4.69) is 43.6 Å². The summed E-state index contributed by atoms with van der Waals surface area (Å²) in [7, 11) is 1.67. The van der Waals surface area contributed by atoms with Gasteiger partial charge in [0.05, 0.1) is 13.2 Å². The van der Waals surface area contributed by atoms with Crippen molar-refractivity contribution in [2.75, 3.05) is 26.9 Å². The molecule has 0 saturated heterocycles. The lowest BCUT2D eigenvalue weighted by atomic mass is 9.89. The van der Waals surface area contributed by atoms with Crippen LogP contribution < -0.4 is 5.48 Å². The van der Waals surface area contributed by atoms with Gasteiger partial charge in [0, 0.05) is 19.6 Å². The highest BCUT2D eigenvalue weighted by molar-refractivity contribution is 5.20. The number of hydrogen-bond donors (Lipinski definition) is 1. The largest absolute Gasteiger partial charge is 0.382 e. The third kappa shape index (κ3) is 5.31. The lowest BCUT2D eigenvalue weighted by Gasteiger charge is -2.21. The molecule has 0 bridgehead atoms. The van der Waals surface area contributed by atoms with Crippen LogP contribution in [0.3, 0.4) is 0 Å². The second-order valence-electron chi connectivity index (χ2n) is 4.45. The Hall–Kier alpha value is -0.900. The van der Waals surface area contributed by atoms with Gasteiger partial charge < -0.3 is 4.74 Å². The first kappa shape index (κ1) is 14.2. The molecule has 0 heterocycles. The topological polar surface area (TPSA) is 30.5 Å². The lowest BCUT2D eigenvalue weighted by Crippen LogP contribution is -2.26. The van der Waals surface area contributed by atoms with Crippen molar-refractivity contribution in [3.8, 4) is 0 Å². The number of nitrogens with one attached hydrogen (secondary N) is 1. The van der Waals surface area contributed by atoms with E-state index >= 15 is 0 Å². The molecule has 96 valence electrons. The van der Waals surface area contributed by atoms with Gasteiger partial charge in [-0.05, 0) is 11.5 Å². The number of hydrogen-bond acceptors (Lipinski definition) is 3. The van der Waals surface area contributed by atoms with Gasteiger partial charge in [0.15, 0.2) is 0 Å². The third-order valence-electron chi connectivity index (χ3n) is 2.83. The van der Waals surface area contributed by atoms with Crippen molar-refractivity contribution < 1.29 is 9.57 Å². The SMILES string of the molecule is COCCONCC(c1ccccc1)C(C)C. The van der Waals surface area contributed by atoms with Crippen LogP contribution in [0.5, 0.6) is 0 Å². The van der Waals surface area contributed by atoms with E-state index in [1.165, 1.54) is 5.56 Å². The highest BCUT2D eigenvalue weighted by Gasteiger charge is 2.14. The predicted octanol–water partition coefficient (Wildman–Crippen LogP) is 2.59. The number of benzene rings is 1. The molecule has 0 amide bonds. The summed E-state index contributed by atoms with van der Waals surface area (Å²) >= 11 is 0. The summed E-state index contributed by atoms with van der Waals surface area (Å²) in [5, 5.41) is 0. The summed E-state index contributed by atoms with van der Waals surface area (Å²) in [4.78, 5) is 5.30. The maximum absolute atomic E-state index is 5.30. The molecule has 1 atom stereocenters. The van der Waals surface area contributed by atoms with Crippen molar-refractivity contribution in [1.29, 1.82) is 0 Å². The molecule has 3 heteroatoms. The number of methoxy groups -OCH3 is 1. The molecule has 1 unspecified atom stereocenters. The lowest BCUT2D eigenvalue weighted by molar-refractivity contribution is 0.00280. The molecule has 1 aromatic carbocycles. The Morgan fingerprint density at radius 2 is 1.82 bits per heavy atom. The standard InChI is InChI=1S/C14H23NO2/c1-12(2)14(11-15-17-10-9-16-3)13-7-5-4-6-8-13/h4-8,12,14-15H,9-11H2,1-3H3. The molecule has 0 spiro atoms. The predicted molar refractivity (Wildman–Crippen MR) is 69.9 cm³/mol. The van der Waals surface area contributed by atoms with Gasteiger partial charge in [0.1, 0.15) is 0 Å². The van der Waals surface area contributed by atoms with Crippen LogP contribution in [-0.2, 0) is 9.57 Å². The molecule has 0 radical (unpaired) electrons. The summed E-state index contributed by atoms with van der Waals surface area (Å²) in [6.45, 7) is 6.48. The van der Waals surface area contributed by atoms with E-state index in [4.69, 9.17) is 9.57 Å². The fraction of sp³-hybridized carbons (Fsp3) is 0.571. The quantitative estimate of drug-likeness (QED) is 0.557. The first-order valence-electron chi connectivity index (χ1n) is 6.14. The Morgan fingerprint density at radius 1 is 1.12 bits per heavy atom. The van der Waals surface area contributed by atoms with Gasteiger partial charge in [0.2, 0.25) is 0 Å². The Bertz CT molecular complexity index is 288. The van der Waals surface area contributed by atoms with Crippen LogP contribution in [-0.4, -0.2) is 26.9 Å². The molecule has 17 heavy (non-hydrogen) atoms. The smallest absolute Gasteiger partial charge is 0.0915 e. The van der Waals surface area contributed by atoms with Gasteiger partial charge in [-0.15, -0.1) is 0 Å². The molecule has 1 aromatic rings. The molecular weight excluding hydrogens is 214 g/mol. The highest BCUT2D eigenvalue weighted by atomic mass is 16.7. The van der Waals surface area contributed by atoms with Crippen molar-refractivity contribution >= 4 is 0 Å². The van der Waals surface area contributed by atoms with Crippen molar-refractivity contribution in [3.05, 3.63) is 35.9 Å². The van der Waals surface area contributed by atoms with Crippen LogP contribution in [0.2, 0.25) is 0 Å². The van der Waals surface area contributed by atoms with E-state index in [1.54, 1.807) is 7.11 Å². The number of rotatable bonds is 8. The molecule has 0 aliphatic heterocycles. The van der Waals surface area contributed by atoms with Crippen LogP contribution >= 0.6 is 0 Å². The maximum Gasteiger partial charge on any atom is 0.0915 e. The summed E-state index contributed by atoms with van der Waals surface area (Å²) < 4.78 is 4.92. The normalized spacial score (nSPS) is 12.9. The van der Waals surface area contributed by atoms with Gasteiger partial charge in [-0.1, -0.05) is 44.2 Å². The molecule has 0 aliphatic carbocycles. The van der Waals surface area contributed by atoms with E-state index < -0.39 is 0 Å². The molecular formula is C14H23NO2. The van der Waals surface area contributed by atoms with Crippen LogP contribution in [0.1, 0.15) is 25.3 Å². The van der Waals surface area contributed by atoms with Crippen molar-refractivity contribution in [2.24, 2.45) is 5.92 Å². The first-order valence-corrected chi connectivity index (χ1v) is 6.14. The highest BCUT2D eigenvalue weighted by Crippen LogP contribution is 2.23. The molecule has 1 N–H and O–H groups in total. The summed E-state index contributed by atoms with van der Waals surface area (Å²) in [5.41, 5.74) is 4.37. The van der Waals surface area contributed by atoms with Crippen LogP contribution in [0.15, 0.2) is 30.3 Å². The second kappa shape index (κ2) is 8.23. The minimum Gasteiger partial charge on any atom is -0.382 e. The fourth-order valence-electron chi connectivity index (χ4n) is 1.78. The summed E-state index contributed by atoms with van der Waals surface area (Å²) in [6.07, 6.45) is 0. The van der Waals surface area contributed by atoms with Crippen molar-refractivity contribution in [2.45, 2.75) is 19.8 Å². The Labute approximate surface area is 104 Å². The van der Waals surface area contributed by atoms with Gasteiger partial charge in [-0.3, -0.25) is 4.84 Å².